The number of nitrogens with one attached hydrogen (secondary N) is 1. The Hall–Kier alpha value is -4.33. The molecule has 3 heterocycles. The highest BCUT2D eigenvalue weighted by Crippen LogP contribution is 2.28. The number of carbonyl (C=O) groups excluding carboxylic acids is 4. The molecule has 2 aliphatic rings. The smallest absolute Gasteiger partial charge is 0.255 e. The number of piperidine rings is 1. The van der Waals surface area contributed by atoms with Crippen LogP contribution in [0.25, 0.3) is 0 Å². The third-order valence-electron chi connectivity index (χ3n) is 6.76. The van der Waals surface area contributed by atoms with Crippen molar-refractivity contribution in [1.29, 1.82) is 0 Å². The van der Waals surface area contributed by atoms with Crippen LogP contribution in [0.3, 0.4) is 0 Å². The lowest BCUT2D eigenvalue weighted by molar-refractivity contribution is -0.137. The largest absolute Gasteiger partial charge is 0.489 e. The number of hydrogen-bond donors (Lipinski definition) is 1. The summed E-state index contributed by atoms with van der Waals surface area (Å²) in [7, 11) is 0. The van der Waals surface area contributed by atoms with Crippen molar-refractivity contribution in [3.8, 4) is 5.75 Å². The van der Waals surface area contributed by atoms with E-state index in [2.05, 4.69) is 10.3 Å². The van der Waals surface area contributed by atoms with E-state index in [1.54, 1.807) is 30.6 Å². The van der Waals surface area contributed by atoms with Gasteiger partial charge in [0.25, 0.3) is 5.91 Å². The number of aryl methyl sites for hydroxylation is 1. The number of benzene rings is 2. The minimum Gasteiger partial charge on any atom is -0.489 e. The topological polar surface area (TPSA) is 106 Å². The van der Waals surface area contributed by atoms with Crippen molar-refractivity contribution in [2.24, 2.45) is 0 Å². The van der Waals surface area contributed by atoms with Crippen LogP contribution >= 0.6 is 0 Å². The first-order valence-corrected chi connectivity index (χ1v) is 12.3. The molecule has 1 saturated heterocycles. The highest BCUT2D eigenvalue weighted by molar-refractivity contribution is 6.05. The van der Waals surface area contributed by atoms with Crippen molar-refractivity contribution in [2.45, 2.75) is 51.3 Å². The molecule has 1 atom stereocenters. The number of nitrogens with zero attached hydrogens (tertiary/aromatic N) is 2. The van der Waals surface area contributed by atoms with Gasteiger partial charge in [0.15, 0.2) is 0 Å². The molecule has 8 nitrogen and oxygen atoms in total. The molecule has 1 aromatic heterocycles. The number of ketones is 1. The van der Waals surface area contributed by atoms with Crippen LogP contribution in [-0.2, 0) is 40.4 Å². The van der Waals surface area contributed by atoms with Crippen molar-refractivity contribution in [3.63, 3.8) is 0 Å². The van der Waals surface area contributed by atoms with Gasteiger partial charge in [-0.15, -0.1) is 0 Å². The number of ether oxygens (including phenoxy) is 1. The number of Topliss-reactive ketones (excluding diaryl/α,β-unsaturated/α-hetero) is 1. The summed E-state index contributed by atoms with van der Waals surface area (Å²) in [6.07, 6.45) is 5.27. The van der Waals surface area contributed by atoms with Crippen molar-refractivity contribution in [1.82, 2.24) is 15.2 Å². The Balaban J connectivity index is 1.12. The van der Waals surface area contributed by atoms with E-state index < -0.39 is 11.9 Å². The van der Waals surface area contributed by atoms with Crippen LogP contribution < -0.4 is 10.1 Å². The zero-order valence-corrected chi connectivity index (χ0v) is 20.3. The molecule has 2 aliphatic heterocycles. The van der Waals surface area contributed by atoms with Crippen LogP contribution in [0.4, 0.5) is 0 Å². The first kappa shape index (κ1) is 24.4. The minimum absolute atomic E-state index is 0.141. The lowest BCUT2D eigenvalue weighted by atomic mass is 9.99. The monoisotopic (exact) mass is 497 g/mol. The van der Waals surface area contributed by atoms with Crippen molar-refractivity contribution in [2.75, 3.05) is 0 Å². The Morgan fingerprint density at radius 1 is 0.973 bits per heavy atom. The van der Waals surface area contributed by atoms with Gasteiger partial charge >= 0.3 is 0 Å². The van der Waals surface area contributed by atoms with Gasteiger partial charge in [0.05, 0.1) is 0 Å². The Bertz CT molecular complexity index is 1340. The summed E-state index contributed by atoms with van der Waals surface area (Å²) >= 11 is 0. The van der Waals surface area contributed by atoms with Crippen LogP contribution in [0.1, 0.15) is 51.9 Å². The van der Waals surface area contributed by atoms with E-state index in [4.69, 9.17) is 4.74 Å². The summed E-state index contributed by atoms with van der Waals surface area (Å²) in [5, 5.41) is 2.32. The number of hydrogen-bond acceptors (Lipinski definition) is 6. The molecule has 3 amide bonds. The maximum absolute atomic E-state index is 12.8. The molecule has 8 heteroatoms. The maximum atomic E-state index is 12.8. The van der Waals surface area contributed by atoms with Crippen LogP contribution in [0.5, 0.6) is 5.75 Å². The lowest BCUT2D eigenvalue weighted by Crippen LogP contribution is -2.52. The number of amides is 3. The molecule has 3 aromatic rings. The second-order valence-electron chi connectivity index (χ2n) is 9.39. The van der Waals surface area contributed by atoms with E-state index in [1.165, 1.54) is 4.90 Å². The third-order valence-corrected chi connectivity index (χ3v) is 6.76. The summed E-state index contributed by atoms with van der Waals surface area (Å²) in [4.78, 5) is 54.6. The van der Waals surface area contributed by atoms with Gasteiger partial charge in [-0.3, -0.25) is 29.5 Å². The molecule has 1 fully saturated rings. The number of fused-ring (bicyclic) bond motifs is 1. The summed E-state index contributed by atoms with van der Waals surface area (Å²) in [5.74, 6) is -0.0148. The maximum Gasteiger partial charge on any atom is 0.255 e. The Labute approximate surface area is 214 Å². The number of carbonyl (C=O) groups is 4. The van der Waals surface area contributed by atoms with Crippen LogP contribution in [-0.4, -0.2) is 39.4 Å². The fraction of sp³-hybridized carbons (Fsp3) is 0.276. The quantitative estimate of drug-likeness (QED) is 0.456. The Morgan fingerprint density at radius 3 is 2.46 bits per heavy atom. The molecule has 0 radical (unpaired) electrons. The average Bonchev–Trinajstić information content (AvgIpc) is 3.23. The van der Waals surface area contributed by atoms with E-state index in [-0.39, 0.29) is 24.0 Å². The third kappa shape index (κ3) is 5.74. The molecule has 0 saturated carbocycles. The van der Waals surface area contributed by atoms with Gasteiger partial charge in [0.1, 0.15) is 24.2 Å². The van der Waals surface area contributed by atoms with Gasteiger partial charge in [-0.05, 0) is 53.3 Å². The predicted molar refractivity (Wildman–Crippen MR) is 135 cm³/mol. The summed E-state index contributed by atoms with van der Waals surface area (Å²) in [5.41, 5.74) is 4.38. The van der Waals surface area contributed by atoms with Gasteiger partial charge in [0, 0.05) is 43.8 Å². The molecular weight excluding hydrogens is 470 g/mol. The van der Waals surface area contributed by atoms with E-state index >= 15 is 0 Å². The molecule has 1 N–H and O–H groups in total. The standard InChI is InChI=1S/C29H27N3O5/c33-23(16-20-1-3-21(4-2-20)18-37-24-11-13-30-14-12-24)7-5-19-6-8-25-22(15-19)17-32(29(25)36)26-9-10-27(34)31-28(26)35/h1-4,6,8,11-15,26H,5,7,9-10,16-18H2,(H,31,34,35). The molecule has 37 heavy (non-hydrogen) atoms. The van der Waals surface area contributed by atoms with Crippen LogP contribution in [0.15, 0.2) is 67.0 Å². The van der Waals surface area contributed by atoms with Crippen LogP contribution in [0, 0.1) is 0 Å². The number of rotatable bonds is 9. The van der Waals surface area contributed by atoms with Crippen molar-refractivity contribution < 1.29 is 23.9 Å². The Morgan fingerprint density at radius 2 is 1.70 bits per heavy atom. The molecular formula is C29H27N3O5. The van der Waals surface area contributed by atoms with Crippen LogP contribution in [0.2, 0.25) is 0 Å². The van der Waals surface area contributed by atoms with Crippen molar-refractivity contribution in [3.05, 3.63) is 94.8 Å². The molecule has 0 spiro atoms. The van der Waals surface area contributed by atoms with E-state index in [0.717, 1.165) is 28.0 Å². The minimum atomic E-state index is -0.629. The SMILES string of the molecule is O=C(CCc1ccc2c(c1)CN(C1CCC(=O)NC1=O)C2=O)Cc1ccc(COc2ccncc2)cc1. The van der Waals surface area contributed by atoms with Gasteiger partial charge in [0.2, 0.25) is 11.8 Å². The average molecular weight is 498 g/mol. The summed E-state index contributed by atoms with van der Waals surface area (Å²) < 4.78 is 5.73. The normalized spacial score (nSPS) is 16.9. The van der Waals surface area contributed by atoms with Crippen molar-refractivity contribution >= 4 is 23.5 Å². The fourth-order valence-corrected chi connectivity index (χ4v) is 4.74. The Kier molecular flexibility index (Phi) is 7.07. The fourth-order valence-electron chi connectivity index (χ4n) is 4.74. The second kappa shape index (κ2) is 10.7. The molecule has 0 aliphatic carbocycles. The second-order valence-corrected chi connectivity index (χ2v) is 9.39. The number of imide groups is 1. The van der Waals surface area contributed by atoms with Gasteiger partial charge in [-0.2, -0.15) is 0 Å². The molecule has 5 rings (SSSR count). The molecule has 2 aromatic carbocycles. The summed E-state index contributed by atoms with van der Waals surface area (Å²) in [6.45, 7) is 0.777. The zero-order valence-electron chi connectivity index (χ0n) is 20.3. The van der Waals surface area contributed by atoms with E-state index in [9.17, 15) is 19.2 Å². The number of aromatic nitrogens is 1. The van der Waals surface area contributed by atoms with E-state index in [0.29, 0.717) is 44.4 Å². The van der Waals surface area contributed by atoms with Gasteiger partial charge in [-0.1, -0.05) is 36.4 Å². The first-order valence-electron chi connectivity index (χ1n) is 12.3. The highest BCUT2D eigenvalue weighted by Gasteiger charge is 2.39. The summed E-state index contributed by atoms with van der Waals surface area (Å²) in [6, 6.07) is 16.4. The molecule has 1 unspecified atom stereocenters. The highest BCUT2D eigenvalue weighted by atomic mass is 16.5. The molecule has 188 valence electrons. The first-order chi connectivity index (χ1) is 18.0. The number of pyridine rings is 1. The van der Waals surface area contributed by atoms with Gasteiger partial charge in [-0.25, -0.2) is 0 Å². The van der Waals surface area contributed by atoms with Gasteiger partial charge < -0.3 is 9.64 Å². The molecule has 0 bridgehead atoms. The predicted octanol–water partition coefficient (Wildman–Crippen LogP) is 3.17. The lowest BCUT2D eigenvalue weighted by Gasteiger charge is -2.29. The van der Waals surface area contributed by atoms with E-state index in [1.807, 2.05) is 36.4 Å². The zero-order chi connectivity index (χ0) is 25.8.